The molecular formula is C10H13ClN2. The minimum atomic E-state index is 0.688. The largest absolute Gasteiger partial charge is 0.299 e. The van der Waals surface area contributed by atoms with Gasteiger partial charge in [0.1, 0.15) is 5.15 Å². The number of pyridine rings is 1. The zero-order chi connectivity index (χ0) is 9.26. The summed E-state index contributed by atoms with van der Waals surface area (Å²) >= 11 is 6.00. The summed E-state index contributed by atoms with van der Waals surface area (Å²) in [6.07, 6.45) is 2.83. The molecule has 1 aromatic rings. The molecule has 70 valence electrons. The van der Waals surface area contributed by atoms with Crippen molar-refractivity contribution in [1.29, 1.82) is 0 Å². The Balaban J connectivity index is 2.31. The van der Waals surface area contributed by atoms with Crippen molar-refractivity contribution >= 4 is 11.6 Å². The Kier molecular flexibility index (Phi) is 2.51. The van der Waals surface area contributed by atoms with Crippen molar-refractivity contribution < 1.29 is 0 Å². The molecule has 0 saturated heterocycles. The molecule has 1 aromatic heterocycles. The third-order valence-electron chi connectivity index (χ3n) is 2.62. The summed E-state index contributed by atoms with van der Waals surface area (Å²) in [5.41, 5.74) is 2.59. The first-order valence-electron chi connectivity index (χ1n) is 4.66. The molecule has 0 bridgehead atoms. The molecule has 0 radical (unpaired) electrons. The molecule has 1 aliphatic heterocycles. The molecule has 0 atom stereocenters. The maximum Gasteiger partial charge on any atom is 0.132 e. The average molecular weight is 197 g/mol. The van der Waals surface area contributed by atoms with Gasteiger partial charge in [-0.25, -0.2) is 4.98 Å². The van der Waals surface area contributed by atoms with Gasteiger partial charge in [0.05, 0.1) is 0 Å². The molecular weight excluding hydrogens is 184 g/mol. The molecule has 1 aliphatic rings. The zero-order valence-electron chi connectivity index (χ0n) is 7.76. The minimum Gasteiger partial charge on any atom is -0.299 e. The maximum atomic E-state index is 6.00. The fourth-order valence-corrected chi connectivity index (χ4v) is 2.05. The Hall–Kier alpha value is -0.600. The molecule has 2 heterocycles. The second kappa shape index (κ2) is 3.64. The van der Waals surface area contributed by atoms with Crippen LogP contribution in [0.3, 0.4) is 0 Å². The van der Waals surface area contributed by atoms with Gasteiger partial charge in [0.25, 0.3) is 0 Å². The molecule has 0 amide bonds. The van der Waals surface area contributed by atoms with E-state index >= 15 is 0 Å². The number of nitrogens with zero attached hydrogens (tertiary/aromatic N) is 2. The first-order chi connectivity index (χ1) is 6.31. The summed E-state index contributed by atoms with van der Waals surface area (Å²) in [5, 5.41) is 0.688. The SMILES string of the molecule is CCN1CCc2c(ccnc2Cl)C1. The Labute approximate surface area is 83.5 Å². The summed E-state index contributed by atoms with van der Waals surface area (Å²) in [6.45, 7) is 5.43. The van der Waals surface area contributed by atoms with Gasteiger partial charge in [-0.3, -0.25) is 4.90 Å². The monoisotopic (exact) mass is 196 g/mol. The van der Waals surface area contributed by atoms with Crippen LogP contribution in [-0.4, -0.2) is 23.0 Å². The van der Waals surface area contributed by atoms with Crippen LogP contribution in [0.15, 0.2) is 12.3 Å². The van der Waals surface area contributed by atoms with Crippen LogP contribution in [-0.2, 0) is 13.0 Å². The lowest BCUT2D eigenvalue weighted by molar-refractivity contribution is 0.268. The fraction of sp³-hybridized carbons (Fsp3) is 0.500. The Bertz CT molecular complexity index is 312. The van der Waals surface area contributed by atoms with Crippen LogP contribution >= 0.6 is 11.6 Å². The standard InChI is InChI=1S/C10H13ClN2/c1-2-13-6-4-9-8(7-13)3-5-12-10(9)11/h3,5H,2,4,6-7H2,1H3. The van der Waals surface area contributed by atoms with Gasteiger partial charge in [-0.05, 0) is 30.2 Å². The van der Waals surface area contributed by atoms with Crippen LogP contribution in [0, 0.1) is 0 Å². The fourth-order valence-electron chi connectivity index (χ4n) is 1.78. The van der Waals surface area contributed by atoms with Gasteiger partial charge in [0.15, 0.2) is 0 Å². The van der Waals surface area contributed by atoms with Gasteiger partial charge in [0, 0.05) is 19.3 Å². The van der Waals surface area contributed by atoms with E-state index in [1.807, 2.05) is 0 Å². The first kappa shape index (κ1) is 8.97. The van der Waals surface area contributed by atoms with E-state index < -0.39 is 0 Å². The van der Waals surface area contributed by atoms with Crippen molar-refractivity contribution in [2.75, 3.05) is 13.1 Å². The van der Waals surface area contributed by atoms with Crippen molar-refractivity contribution in [1.82, 2.24) is 9.88 Å². The van der Waals surface area contributed by atoms with Gasteiger partial charge >= 0.3 is 0 Å². The minimum absolute atomic E-state index is 0.688. The van der Waals surface area contributed by atoms with E-state index in [4.69, 9.17) is 11.6 Å². The molecule has 0 aromatic carbocycles. The van der Waals surface area contributed by atoms with Crippen molar-refractivity contribution in [3.05, 3.63) is 28.5 Å². The second-order valence-corrected chi connectivity index (χ2v) is 3.72. The molecule has 13 heavy (non-hydrogen) atoms. The highest BCUT2D eigenvalue weighted by molar-refractivity contribution is 6.30. The van der Waals surface area contributed by atoms with Crippen molar-refractivity contribution in [3.8, 4) is 0 Å². The van der Waals surface area contributed by atoms with Crippen LogP contribution in [0.25, 0.3) is 0 Å². The van der Waals surface area contributed by atoms with E-state index in [1.165, 1.54) is 11.1 Å². The van der Waals surface area contributed by atoms with Crippen molar-refractivity contribution in [3.63, 3.8) is 0 Å². The Morgan fingerprint density at radius 2 is 2.46 bits per heavy atom. The van der Waals surface area contributed by atoms with Crippen LogP contribution in [0.1, 0.15) is 18.1 Å². The van der Waals surface area contributed by atoms with Gasteiger partial charge < -0.3 is 0 Å². The topological polar surface area (TPSA) is 16.1 Å². The van der Waals surface area contributed by atoms with Crippen LogP contribution < -0.4 is 0 Å². The summed E-state index contributed by atoms with van der Waals surface area (Å²) in [6, 6.07) is 2.07. The summed E-state index contributed by atoms with van der Waals surface area (Å²) in [4.78, 5) is 6.51. The maximum absolute atomic E-state index is 6.00. The Morgan fingerprint density at radius 1 is 1.62 bits per heavy atom. The number of rotatable bonds is 1. The molecule has 0 spiro atoms. The lowest BCUT2D eigenvalue weighted by Gasteiger charge is -2.27. The third-order valence-corrected chi connectivity index (χ3v) is 2.95. The highest BCUT2D eigenvalue weighted by atomic mass is 35.5. The van der Waals surface area contributed by atoms with E-state index in [0.717, 1.165) is 26.1 Å². The average Bonchev–Trinajstić information content (AvgIpc) is 2.18. The van der Waals surface area contributed by atoms with E-state index in [-0.39, 0.29) is 0 Å². The lowest BCUT2D eigenvalue weighted by Crippen LogP contribution is -2.30. The number of hydrogen-bond donors (Lipinski definition) is 0. The van der Waals surface area contributed by atoms with Crippen LogP contribution in [0.2, 0.25) is 5.15 Å². The van der Waals surface area contributed by atoms with Crippen molar-refractivity contribution in [2.24, 2.45) is 0 Å². The van der Waals surface area contributed by atoms with E-state index in [2.05, 4.69) is 22.9 Å². The number of halogens is 1. The number of hydrogen-bond acceptors (Lipinski definition) is 2. The number of fused-ring (bicyclic) bond motifs is 1. The third kappa shape index (κ3) is 1.69. The van der Waals surface area contributed by atoms with E-state index in [1.54, 1.807) is 6.20 Å². The summed E-state index contributed by atoms with van der Waals surface area (Å²) < 4.78 is 0. The second-order valence-electron chi connectivity index (χ2n) is 3.36. The van der Waals surface area contributed by atoms with Gasteiger partial charge in [-0.2, -0.15) is 0 Å². The van der Waals surface area contributed by atoms with Gasteiger partial charge in [-0.15, -0.1) is 0 Å². The normalized spacial score (nSPS) is 17.1. The van der Waals surface area contributed by atoms with Crippen LogP contribution in [0.4, 0.5) is 0 Å². The first-order valence-corrected chi connectivity index (χ1v) is 5.03. The van der Waals surface area contributed by atoms with Crippen molar-refractivity contribution in [2.45, 2.75) is 19.9 Å². The molecule has 3 heteroatoms. The Morgan fingerprint density at radius 3 is 3.23 bits per heavy atom. The molecule has 0 aliphatic carbocycles. The molecule has 0 N–H and O–H groups in total. The van der Waals surface area contributed by atoms with E-state index in [0.29, 0.717) is 5.15 Å². The van der Waals surface area contributed by atoms with Gasteiger partial charge in [-0.1, -0.05) is 18.5 Å². The highest BCUT2D eigenvalue weighted by Gasteiger charge is 2.16. The number of aromatic nitrogens is 1. The molecule has 0 fully saturated rings. The molecule has 0 saturated carbocycles. The smallest absolute Gasteiger partial charge is 0.132 e. The lowest BCUT2D eigenvalue weighted by atomic mass is 10.0. The quantitative estimate of drug-likeness (QED) is 0.640. The van der Waals surface area contributed by atoms with Gasteiger partial charge in [0.2, 0.25) is 0 Å². The highest BCUT2D eigenvalue weighted by Crippen LogP contribution is 2.23. The summed E-state index contributed by atoms with van der Waals surface area (Å²) in [7, 11) is 0. The predicted octanol–water partition coefficient (Wildman–Crippen LogP) is 2.11. The van der Waals surface area contributed by atoms with E-state index in [9.17, 15) is 0 Å². The van der Waals surface area contributed by atoms with Crippen LogP contribution in [0.5, 0.6) is 0 Å². The molecule has 2 rings (SSSR count). The predicted molar refractivity (Wildman–Crippen MR) is 53.9 cm³/mol. The molecule has 0 unspecified atom stereocenters. The number of likely N-dealkylation sites (N-methyl/N-ethyl adjacent to an activating group) is 1. The summed E-state index contributed by atoms with van der Waals surface area (Å²) in [5.74, 6) is 0. The molecule has 2 nitrogen and oxygen atoms in total. The zero-order valence-corrected chi connectivity index (χ0v) is 8.51.